The fraction of sp³-hybridized carbons (Fsp3) is 0.714. The van der Waals surface area contributed by atoms with E-state index < -0.39 is 0 Å². The highest BCUT2D eigenvalue weighted by Gasteiger charge is 2.08. The average Bonchev–Trinajstić information content (AvgIpc) is 1.95. The fourth-order valence-corrected chi connectivity index (χ4v) is 1.60. The van der Waals surface area contributed by atoms with Crippen molar-refractivity contribution >= 4 is 10.2 Å². The number of hydrogen-bond donors (Lipinski definition) is 0. The maximum atomic E-state index is 2.40. The Labute approximate surface area is 65.9 Å². The molecule has 1 rings (SSSR count). The van der Waals surface area contributed by atoms with Gasteiger partial charge in [0, 0.05) is 36.4 Å². The second kappa shape index (κ2) is 3.78. The van der Waals surface area contributed by atoms with Gasteiger partial charge in [-0.3, -0.25) is 0 Å². The van der Waals surface area contributed by atoms with E-state index in [1.54, 1.807) is 0 Å². The third-order valence-electron chi connectivity index (χ3n) is 1.90. The second-order valence-corrected chi connectivity index (χ2v) is 3.49. The summed E-state index contributed by atoms with van der Waals surface area (Å²) in [5, 5.41) is 0. The molecule has 0 saturated carbocycles. The van der Waals surface area contributed by atoms with E-state index in [0.717, 1.165) is 0 Å². The summed E-state index contributed by atoms with van der Waals surface area (Å²) in [6.45, 7) is 4.84. The smallest absolute Gasteiger partial charge is 0.0310 e. The van der Waals surface area contributed by atoms with Gasteiger partial charge in [-0.05, 0) is 13.2 Å². The van der Waals surface area contributed by atoms with Crippen LogP contribution in [0.1, 0.15) is 0 Å². The van der Waals surface area contributed by atoms with Gasteiger partial charge in [0.05, 0.1) is 0 Å². The van der Waals surface area contributed by atoms with E-state index in [4.69, 9.17) is 0 Å². The van der Waals surface area contributed by atoms with Crippen molar-refractivity contribution in [2.75, 3.05) is 33.2 Å². The zero-order valence-electron chi connectivity index (χ0n) is 6.88. The van der Waals surface area contributed by atoms with Crippen LogP contribution in [0.15, 0.2) is 11.9 Å². The maximum absolute atomic E-state index is 2.40. The average molecular weight is 156 g/mol. The van der Waals surface area contributed by atoms with Crippen LogP contribution in [0.25, 0.3) is 0 Å². The molecule has 1 aliphatic heterocycles. The maximum Gasteiger partial charge on any atom is 0.0310 e. The molecule has 0 spiro atoms. The van der Waals surface area contributed by atoms with Gasteiger partial charge in [-0.1, -0.05) is 5.70 Å². The van der Waals surface area contributed by atoms with Crippen LogP contribution in [-0.2, 0) is 0 Å². The molecule has 1 saturated heterocycles. The minimum atomic E-state index is 1.18. The molecule has 0 unspecified atom stereocenters. The van der Waals surface area contributed by atoms with E-state index in [-0.39, 0.29) is 0 Å². The third-order valence-corrected chi connectivity index (χ3v) is 2.20. The van der Waals surface area contributed by atoms with Crippen molar-refractivity contribution in [1.29, 1.82) is 0 Å². The van der Waals surface area contributed by atoms with Crippen molar-refractivity contribution in [3.05, 3.63) is 11.9 Å². The Hall–Kier alpha value is -0.283. The number of nitrogens with zero attached hydrogens (tertiary/aromatic N) is 2. The summed E-state index contributed by atoms with van der Waals surface area (Å²) in [5.41, 5.74) is 2.24. The van der Waals surface area contributed by atoms with Crippen LogP contribution in [-0.4, -0.2) is 53.3 Å². The van der Waals surface area contributed by atoms with Crippen molar-refractivity contribution < 1.29 is 0 Å². The van der Waals surface area contributed by atoms with Crippen LogP contribution in [0.3, 0.4) is 0 Å². The number of hydrogen-bond acceptors (Lipinski definition) is 2. The molecule has 0 N–H and O–H groups in total. The molecular formula is C7H16N2Si. The first kappa shape index (κ1) is 7.82. The molecular weight excluding hydrogens is 140 g/mol. The standard InChI is InChI=1S/C7H16N2Si/c1-8-2-4-9(5-3-8)6-7-10/h6-7H,2-5H2,1,10H3. The van der Waals surface area contributed by atoms with Gasteiger partial charge in [-0.15, -0.1) is 0 Å². The first-order valence-corrected chi connectivity index (χ1v) is 5.04. The topological polar surface area (TPSA) is 6.48 Å². The first-order chi connectivity index (χ1) is 4.83. The van der Waals surface area contributed by atoms with Crippen molar-refractivity contribution in [2.45, 2.75) is 0 Å². The van der Waals surface area contributed by atoms with Crippen molar-refractivity contribution in [3.8, 4) is 0 Å². The highest BCUT2D eigenvalue weighted by atomic mass is 28.1. The molecule has 0 amide bonds. The van der Waals surface area contributed by atoms with E-state index in [1.165, 1.54) is 36.4 Å². The summed E-state index contributed by atoms with van der Waals surface area (Å²) in [5.74, 6) is 0. The predicted molar refractivity (Wildman–Crippen MR) is 48.1 cm³/mol. The molecule has 0 aliphatic carbocycles. The van der Waals surface area contributed by atoms with Gasteiger partial charge in [0.25, 0.3) is 0 Å². The molecule has 2 nitrogen and oxygen atoms in total. The van der Waals surface area contributed by atoms with E-state index in [2.05, 4.69) is 28.7 Å². The lowest BCUT2D eigenvalue weighted by Crippen LogP contribution is -2.41. The minimum Gasteiger partial charge on any atom is -0.376 e. The van der Waals surface area contributed by atoms with E-state index >= 15 is 0 Å². The SMILES string of the molecule is CN1CCN(C=C[SiH3])CC1. The van der Waals surface area contributed by atoms with Crippen LogP contribution in [0.2, 0.25) is 0 Å². The van der Waals surface area contributed by atoms with Gasteiger partial charge < -0.3 is 9.80 Å². The highest BCUT2D eigenvalue weighted by molar-refractivity contribution is 6.16. The Morgan fingerprint density at radius 3 is 2.30 bits per heavy atom. The molecule has 1 fully saturated rings. The molecule has 3 heteroatoms. The van der Waals surface area contributed by atoms with E-state index in [0.29, 0.717) is 0 Å². The van der Waals surface area contributed by atoms with Crippen LogP contribution in [0.4, 0.5) is 0 Å². The van der Waals surface area contributed by atoms with Crippen molar-refractivity contribution in [1.82, 2.24) is 9.80 Å². The molecule has 1 aliphatic rings. The zero-order chi connectivity index (χ0) is 7.40. The molecule has 1 heterocycles. The summed E-state index contributed by atoms with van der Waals surface area (Å²) < 4.78 is 0. The van der Waals surface area contributed by atoms with E-state index in [1.807, 2.05) is 0 Å². The largest absolute Gasteiger partial charge is 0.376 e. The number of likely N-dealkylation sites (N-methyl/N-ethyl adjacent to an activating group) is 1. The monoisotopic (exact) mass is 156 g/mol. The predicted octanol–water partition coefficient (Wildman–Crippen LogP) is -0.930. The van der Waals surface area contributed by atoms with Crippen LogP contribution >= 0.6 is 0 Å². The number of piperazine rings is 1. The van der Waals surface area contributed by atoms with Gasteiger partial charge in [0.2, 0.25) is 0 Å². The highest BCUT2D eigenvalue weighted by Crippen LogP contribution is 1.98. The summed E-state index contributed by atoms with van der Waals surface area (Å²) in [6.07, 6.45) is 2.24. The normalized spacial score (nSPS) is 22.7. The molecule has 0 bridgehead atoms. The van der Waals surface area contributed by atoms with Crippen molar-refractivity contribution in [2.24, 2.45) is 0 Å². The lowest BCUT2D eigenvalue weighted by molar-refractivity contribution is 0.198. The Kier molecular flexibility index (Phi) is 2.96. The lowest BCUT2D eigenvalue weighted by atomic mass is 10.3. The summed E-state index contributed by atoms with van der Waals surface area (Å²) in [7, 11) is 3.36. The van der Waals surface area contributed by atoms with Gasteiger partial charge in [0.15, 0.2) is 0 Å². The van der Waals surface area contributed by atoms with Crippen molar-refractivity contribution in [3.63, 3.8) is 0 Å². The second-order valence-electron chi connectivity index (χ2n) is 2.82. The van der Waals surface area contributed by atoms with Crippen LogP contribution in [0, 0.1) is 0 Å². The third kappa shape index (κ3) is 2.15. The Morgan fingerprint density at radius 2 is 1.80 bits per heavy atom. The molecule has 0 aromatic heterocycles. The lowest BCUT2D eigenvalue weighted by Gasteiger charge is -2.31. The summed E-state index contributed by atoms with van der Waals surface area (Å²) >= 11 is 0. The Balaban J connectivity index is 2.26. The van der Waals surface area contributed by atoms with Crippen LogP contribution in [0.5, 0.6) is 0 Å². The van der Waals surface area contributed by atoms with E-state index in [9.17, 15) is 0 Å². The quantitative estimate of drug-likeness (QED) is 0.453. The Morgan fingerprint density at radius 1 is 1.20 bits per heavy atom. The van der Waals surface area contributed by atoms with Gasteiger partial charge in [-0.25, -0.2) is 0 Å². The molecule has 58 valence electrons. The molecule has 0 aromatic carbocycles. The van der Waals surface area contributed by atoms with Gasteiger partial charge in [-0.2, -0.15) is 0 Å². The zero-order valence-corrected chi connectivity index (χ0v) is 8.88. The minimum absolute atomic E-state index is 1.18. The number of rotatable bonds is 1. The van der Waals surface area contributed by atoms with Crippen LogP contribution < -0.4 is 0 Å². The first-order valence-electron chi connectivity index (χ1n) is 3.88. The molecule has 0 radical (unpaired) electrons. The molecule has 0 aromatic rings. The fourth-order valence-electron chi connectivity index (χ4n) is 1.18. The molecule has 10 heavy (non-hydrogen) atoms. The summed E-state index contributed by atoms with van der Waals surface area (Å²) in [6, 6.07) is 0. The Bertz CT molecular complexity index is 117. The van der Waals surface area contributed by atoms with Gasteiger partial charge >= 0.3 is 0 Å². The summed E-state index contributed by atoms with van der Waals surface area (Å²) in [4.78, 5) is 4.77. The molecule has 0 atom stereocenters. The van der Waals surface area contributed by atoms with Gasteiger partial charge in [0.1, 0.15) is 0 Å².